The van der Waals surface area contributed by atoms with Crippen LogP contribution in [-0.2, 0) is 21.2 Å². The summed E-state index contributed by atoms with van der Waals surface area (Å²) in [5, 5.41) is 5.70. The molecule has 2 aliphatic rings. The van der Waals surface area contributed by atoms with Crippen LogP contribution in [0.1, 0.15) is 28.9 Å². The SMILES string of the molecule is O=C(NC(Cc1ccccc1)C(=O)NC1CC1)c1cc(S(=O)(=O)N2CCSCC2)c[nH]1. The normalized spacial score (nSPS) is 18.3. The summed E-state index contributed by atoms with van der Waals surface area (Å²) in [5.74, 6) is 0.773. The van der Waals surface area contributed by atoms with Gasteiger partial charge in [-0.2, -0.15) is 16.1 Å². The Morgan fingerprint density at radius 3 is 2.55 bits per heavy atom. The third-order valence-electron chi connectivity index (χ3n) is 5.34. The van der Waals surface area contributed by atoms with Crippen LogP contribution in [0.2, 0.25) is 0 Å². The molecule has 0 spiro atoms. The van der Waals surface area contributed by atoms with Crippen LogP contribution in [0.4, 0.5) is 0 Å². The number of H-pyrrole nitrogens is 1. The number of amides is 2. The zero-order chi connectivity index (χ0) is 21.8. The van der Waals surface area contributed by atoms with Crippen LogP contribution in [-0.4, -0.2) is 66.2 Å². The number of hydrogen-bond acceptors (Lipinski definition) is 5. The molecule has 1 unspecified atom stereocenters. The molecule has 1 saturated heterocycles. The number of sulfonamides is 1. The molecule has 0 radical (unpaired) electrons. The molecule has 1 atom stereocenters. The van der Waals surface area contributed by atoms with E-state index in [1.54, 1.807) is 11.8 Å². The zero-order valence-electron chi connectivity index (χ0n) is 17.0. The fourth-order valence-electron chi connectivity index (χ4n) is 3.42. The largest absolute Gasteiger partial charge is 0.356 e. The molecule has 10 heteroatoms. The predicted molar refractivity (Wildman–Crippen MR) is 119 cm³/mol. The van der Waals surface area contributed by atoms with Gasteiger partial charge in [0.2, 0.25) is 15.9 Å². The number of aromatic amines is 1. The summed E-state index contributed by atoms with van der Waals surface area (Å²) < 4.78 is 27.1. The van der Waals surface area contributed by atoms with E-state index in [-0.39, 0.29) is 22.5 Å². The fourth-order valence-corrected chi connectivity index (χ4v) is 5.99. The van der Waals surface area contributed by atoms with Crippen LogP contribution >= 0.6 is 11.8 Å². The summed E-state index contributed by atoms with van der Waals surface area (Å²) >= 11 is 1.72. The Bertz CT molecular complexity index is 1030. The van der Waals surface area contributed by atoms with Gasteiger partial charge in [-0.05, 0) is 24.5 Å². The number of nitrogens with zero attached hydrogens (tertiary/aromatic N) is 1. The van der Waals surface area contributed by atoms with Gasteiger partial charge in [-0.3, -0.25) is 9.59 Å². The molecule has 1 saturated carbocycles. The first-order chi connectivity index (χ1) is 14.9. The number of carbonyl (C=O) groups is 2. The number of aromatic nitrogens is 1. The highest BCUT2D eigenvalue weighted by atomic mass is 32.2. The molecular formula is C21H26N4O4S2. The van der Waals surface area contributed by atoms with Crippen molar-refractivity contribution in [1.82, 2.24) is 19.9 Å². The number of rotatable bonds is 8. The summed E-state index contributed by atoms with van der Waals surface area (Å²) in [5.41, 5.74) is 1.04. The van der Waals surface area contributed by atoms with Crippen LogP contribution in [0, 0.1) is 0 Å². The molecule has 31 heavy (non-hydrogen) atoms. The summed E-state index contributed by atoms with van der Waals surface area (Å²) in [4.78, 5) is 28.3. The van der Waals surface area contributed by atoms with Crippen LogP contribution in [0.15, 0.2) is 47.5 Å². The van der Waals surface area contributed by atoms with Gasteiger partial charge >= 0.3 is 0 Å². The molecule has 2 amide bonds. The third kappa shape index (κ3) is 5.50. The molecule has 166 valence electrons. The van der Waals surface area contributed by atoms with Gasteiger partial charge in [-0.25, -0.2) is 8.42 Å². The third-order valence-corrected chi connectivity index (χ3v) is 8.16. The van der Waals surface area contributed by atoms with Crippen LogP contribution < -0.4 is 10.6 Å². The maximum atomic E-state index is 12.8. The van der Waals surface area contributed by atoms with E-state index >= 15 is 0 Å². The molecule has 3 N–H and O–H groups in total. The fraction of sp³-hybridized carbons (Fsp3) is 0.429. The molecule has 4 rings (SSSR count). The molecule has 2 fully saturated rings. The number of carbonyl (C=O) groups excluding carboxylic acids is 2. The number of thioether (sulfide) groups is 1. The zero-order valence-corrected chi connectivity index (χ0v) is 18.7. The Labute approximate surface area is 186 Å². The van der Waals surface area contributed by atoms with Gasteiger partial charge in [0.1, 0.15) is 16.6 Å². The van der Waals surface area contributed by atoms with Gasteiger partial charge < -0.3 is 15.6 Å². The van der Waals surface area contributed by atoms with Crippen molar-refractivity contribution in [3.05, 3.63) is 53.9 Å². The Balaban J connectivity index is 1.47. The van der Waals surface area contributed by atoms with Gasteiger partial charge in [0.15, 0.2) is 0 Å². The lowest BCUT2D eigenvalue weighted by Gasteiger charge is -2.24. The lowest BCUT2D eigenvalue weighted by molar-refractivity contribution is -0.123. The predicted octanol–water partition coefficient (Wildman–Crippen LogP) is 1.37. The van der Waals surface area contributed by atoms with Crippen LogP contribution in [0.5, 0.6) is 0 Å². The van der Waals surface area contributed by atoms with E-state index in [9.17, 15) is 18.0 Å². The van der Waals surface area contributed by atoms with E-state index in [0.29, 0.717) is 19.5 Å². The lowest BCUT2D eigenvalue weighted by atomic mass is 10.0. The minimum absolute atomic E-state index is 0.0617. The Morgan fingerprint density at radius 2 is 1.87 bits per heavy atom. The standard InChI is InChI=1S/C21H26N4O4S2/c26-20(18-13-17(14-22-18)31(28,29)25-8-10-30-11-9-25)24-19(21(27)23-16-6-7-16)12-15-4-2-1-3-5-15/h1-5,13-14,16,19,22H,6-12H2,(H,23,27)(H,24,26). The summed E-state index contributed by atoms with van der Waals surface area (Å²) in [6, 6.07) is 10.2. The highest BCUT2D eigenvalue weighted by Gasteiger charge is 2.30. The minimum atomic E-state index is -3.65. The van der Waals surface area contributed by atoms with Crippen molar-refractivity contribution in [3.63, 3.8) is 0 Å². The van der Waals surface area contributed by atoms with E-state index < -0.39 is 22.0 Å². The van der Waals surface area contributed by atoms with Crippen molar-refractivity contribution < 1.29 is 18.0 Å². The first-order valence-electron chi connectivity index (χ1n) is 10.3. The molecule has 1 aliphatic heterocycles. The second kappa shape index (κ2) is 9.46. The Hall–Kier alpha value is -2.30. The molecule has 2 aromatic rings. The van der Waals surface area contributed by atoms with Crippen molar-refractivity contribution in [1.29, 1.82) is 0 Å². The number of nitrogens with one attached hydrogen (secondary N) is 3. The molecule has 1 aromatic heterocycles. The Morgan fingerprint density at radius 1 is 1.16 bits per heavy atom. The van der Waals surface area contributed by atoms with Crippen molar-refractivity contribution in [3.8, 4) is 0 Å². The van der Waals surface area contributed by atoms with E-state index in [2.05, 4.69) is 15.6 Å². The lowest BCUT2D eigenvalue weighted by Crippen LogP contribution is -2.48. The van der Waals surface area contributed by atoms with Crippen LogP contribution in [0.25, 0.3) is 0 Å². The minimum Gasteiger partial charge on any atom is -0.356 e. The van der Waals surface area contributed by atoms with Gasteiger partial charge in [-0.1, -0.05) is 30.3 Å². The van der Waals surface area contributed by atoms with Crippen LogP contribution in [0.3, 0.4) is 0 Å². The second-order valence-electron chi connectivity index (χ2n) is 7.76. The van der Waals surface area contributed by atoms with Gasteiger partial charge in [0, 0.05) is 43.3 Å². The van der Waals surface area contributed by atoms with Gasteiger partial charge in [0.25, 0.3) is 5.91 Å². The maximum Gasteiger partial charge on any atom is 0.268 e. The van der Waals surface area contributed by atoms with Crippen molar-refractivity contribution in [2.45, 2.75) is 36.2 Å². The van der Waals surface area contributed by atoms with Crippen molar-refractivity contribution in [2.24, 2.45) is 0 Å². The smallest absolute Gasteiger partial charge is 0.268 e. The quantitative estimate of drug-likeness (QED) is 0.549. The molecule has 1 aliphatic carbocycles. The van der Waals surface area contributed by atoms with E-state index in [4.69, 9.17) is 0 Å². The maximum absolute atomic E-state index is 12.8. The van der Waals surface area contributed by atoms with Crippen molar-refractivity contribution >= 4 is 33.6 Å². The average Bonchev–Trinajstić information content (AvgIpc) is 3.44. The summed E-state index contributed by atoms with van der Waals surface area (Å²) in [6.45, 7) is 0.917. The molecular weight excluding hydrogens is 436 g/mol. The molecule has 8 nitrogen and oxygen atoms in total. The summed E-state index contributed by atoms with van der Waals surface area (Å²) in [7, 11) is -3.65. The van der Waals surface area contributed by atoms with E-state index in [1.165, 1.54) is 16.6 Å². The Kier molecular flexibility index (Phi) is 6.68. The molecule has 1 aromatic carbocycles. The summed E-state index contributed by atoms with van der Waals surface area (Å²) in [6.07, 6.45) is 3.58. The topological polar surface area (TPSA) is 111 Å². The highest BCUT2D eigenvalue weighted by Crippen LogP contribution is 2.21. The first-order valence-corrected chi connectivity index (χ1v) is 12.9. The van der Waals surface area contributed by atoms with E-state index in [1.807, 2.05) is 30.3 Å². The molecule has 0 bridgehead atoms. The van der Waals surface area contributed by atoms with Crippen molar-refractivity contribution in [2.75, 3.05) is 24.6 Å². The van der Waals surface area contributed by atoms with Gasteiger partial charge in [0.05, 0.1) is 0 Å². The monoisotopic (exact) mass is 462 g/mol. The highest BCUT2D eigenvalue weighted by molar-refractivity contribution is 7.99. The average molecular weight is 463 g/mol. The second-order valence-corrected chi connectivity index (χ2v) is 10.9. The molecule has 2 heterocycles. The number of benzene rings is 1. The van der Waals surface area contributed by atoms with E-state index in [0.717, 1.165) is 29.9 Å². The number of hydrogen-bond donors (Lipinski definition) is 3. The first kappa shape index (κ1) is 21.9. The van der Waals surface area contributed by atoms with Gasteiger partial charge in [-0.15, -0.1) is 0 Å².